The first-order valence-electron chi connectivity index (χ1n) is 13.8. The monoisotopic (exact) mass is 590 g/mol. The lowest BCUT2D eigenvalue weighted by molar-refractivity contribution is -0.0535. The van der Waals surface area contributed by atoms with E-state index in [0.717, 1.165) is 49.7 Å². The summed E-state index contributed by atoms with van der Waals surface area (Å²) in [7, 11) is -5.53. The van der Waals surface area contributed by atoms with E-state index in [2.05, 4.69) is 32.2 Å². The highest BCUT2D eigenvalue weighted by molar-refractivity contribution is 7.80. The van der Waals surface area contributed by atoms with Crippen LogP contribution in [0, 0.1) is 0 Å². The molecule has 0 radical (unpaired) electrons. The Labute approximate surface area is 236 Å². The van der Waals surface area contributed by atoms with Crippen molar-refractivity contribution in [3.8, 4) is 0 Å². The summed E-state index contributed by atoms with van der Waals surface area (Å²) in [5, 5.41) is 0. The van der Waals surface area contributed by atoms with Crippen LogP contribution in [0.15, 0.2) is 0 Å². The molecule has 0 aromatic carbocycles. The zero-order valence-corrected chi connectivity index (χ0v) is 28.6. The van der Waals surface area contributed by atoms with Crippen molar-refractivity contribution in [3.05, 3.63) is 0 Å². The van der Waals surface area contributed by atoms with E-state index in [0.29, 0.717) is 19.8 Å². The molecular weight excluding hydrogens is 533 g/mol. The van der Waals surface area contributed by atoms with Crippen LogP contribution in [0.25, 0.3) is 0 Å². The first kappa shape index (κ1) is 39.0. The lowest BCUT2D eigenvalue weighted by atomic mass is 10.1. The van der Waals surface area contributed by atoms with Gasteiger partial charge in [0.1, 0.15) is 0 Å². The van der Waals surface area contributed by atoms with Crippen LogP contribution < -0.4 is 0 Å². The highest BCUT2D eigenvalue weighted by atomic mass is 32.1. The van der Waals surface area contributed by atoms with Gasteiger partial charge in [-0.1, -0.05) is 13.3 Å². The average molecular weight is 591 g/mol. The molecule has 220 valence electrons. The van der Waals surface area contributed by atoms with Gasteiger partial charge in [-0.25, -0.2) is 0 Å². The van der Waals surface area contributed by atoms with Crippen LogP contribution in [0.3, 0.4) is 0 Å². The molecule has 0 bridgehead atoms. The minimum absolute atomic E-state index is 0.124. The Morgan fingerprint density at radius 1 is 0.583 bits per heavy atom. The van der Waals surface area contributed by atoms with Gasteiger partial charge < -0.3 is 31.0 Å². The van der Waals surface area contributed by atoms with Crippen LogP contribution in [-0.4, -0.2) is 73.6 Å². The molecule has 0 aromatic rings. The van der Waals surface area contributed by atoms with Crippen LogP contribution in [0.5, 0.6) is 0 Å². The lowest BCUT2D eigenvalue weighted by Crippen LogP contribution is -2.51. The van der Waals surface area contributed by atoms with Crippen molar-refractivity contribution < 1.29 is 31.0 Å². The predicted octanol–water partition coefficient (Wildman–Crippen LogP) is 6.95. The summed E-state index contributed by atoms with van der Waals surface area (Å²) >= 11 is 8.52. The van der Waals surface area contributed by atoms with Crippen LogP contribution in [0.1, 0.15) is 101 Å². The molecule has 0 aliphatic carbocycles. The molecule has 0 spiro atoms. The van der Waals surface area contributed by atoms with Gasteiger partial charge in [0, 0.05) is 44.2 Å². The minimum Gasteiger partial charge on any atom is -0.371 e. The van der Waals surface area contributed by atoms with Gasteiger partial charge in [0.25, 0.3) is 0 Å². The zero-order valence-electron chi connectivity index (χ0n) is 24.8. The van der Waals surface area contributed by atoms with Gasteiger partial charge >= 0.3 is 17.9 Å². The highest BCUT2D eigenvalue weighted by Crippen LogP contribution is 2.24. The van der Waals surface area contributed by atoms with Crippen LogP contribution >= 0.6 is 25.3 Å². The van der Waals surface area contributed by atoms with Gasteiger partial charge in [-0.05, 0) is 99.5 Å². The summed E-state index contributed by atoms with van der Waals surface area (Å²) in [6, 6.07) is 0.838. The molecule has 0 aromatic heterocycles. The Kier molecular flexibility index (Phi) is 25.7. The van der Waals surface area contributed by atoms with Gasteiger partial charge in [-0.3, -0.25) is 0 Å². The third-order valence-corrected chi connectivity index (χ3v) is 11.1. The molecular formula is C25H58O7S2Si2. The normalized spacial score (nSPS) is 13.4. The van der Waals surface area contributed by atoms with Crippen LogP contribution in [-0.2, 0) is 31.0 Å². The van der Waals surface area contributed by atoms with E-state index in [4.69, 9.17) is 31.0 Å². The minimum atomic E-state index is -2.97. The predicted molar refractivity (Wildman–Crippen MR) is 161 cm³/mol. The lowest BCUT2D eigenvalue weighted by Gasteiger charge is -2.34. The fraction of sp³-hybridized carbons (Fsp3) is 1.00. The zero-order chi connectivity index (χ0) is 28.0. The molecule has 0 saturated heterocycles. The van der Waals surface area contributed by atoms with Gasteiger partial charge in [-0.2, -0.15) is 25.3 Å². The highest BCUT2D eigenvalue weighted by Gasteiger charge is 2.47. The second-order valence-electron chi connectivity index (χ2n) is 9.20. The molecule has 0 N–H and O–H groups in total. The standard InChI is InChI=1S/C13H30O4SSi.C12H28O3SSi/c1-5-10-13(11-9-12-18)17-19(14-6-2,15-7-3)16-8-4;1-10(2)13-17(9-7-8-16,14-11(3)4)15-12(5)6/h13,18H,5-12H2,1-4H3;10-12,16H,7-9H2,1-6H3. The number of rotatable bonds is 22. The molecule has 0 heterocycles. The maximum absolute atomic E-state index is 6.14. The largest absolute Gasteiger partial charge is 0.679 e. The molecule has 0 amide bonds. The Bertz CT molecular complexity index is 446. The van der Waals surface area contributed by atoms with E-state index in [1.165, 1.54) is 0 Å². The van der Waals surface area contributed by atoms with Crippen molar-refractivity contribution in [2.24, 2.45) is 0 Å². The molecule has 0 aliphatic heterocycles. The van der Waals surface area contributed by atoms with E-state index in [9.17, 15) is 0 Å². The van der Waals surface area contributed by atoms with Gasteiger partial charge in [0.15, 0.2) is 0 Å². The quantitative estimate of drug-likeness (QED) is 0.105. The third-order valence-electron chi connectivity index (χ3n) is 4.46. The molecule has 0 aliphatic rings. The van der Waals surface area contributed by atoms with Crippen molar-refractivity contribution >= 4 is 43.1 Å². The van der Waals surface area contributed by atoms with E-state index < -0.39 is 17.9 Å². The van der Waals surface area contributed by atoms with E-state index in [-0.39, 0.29) is 24.4 Å². The summed E-state index contributed by atoms with van der Waals surface area (Å²) < 4.78 is 41.4. The SMILES string of the molecule is CC(C)O[Si](CCCS)(OC(C)C)OC(C)C.CCCC(CCCS)O[Si](OCC)(OCC)OCC. The van der Waals surface area contributed by atoms with Crippen LogP contribution in [0.4, 0.5) is 0 Å². The van der Waals surface area contributed by atoms with Crippen molar-refractivity contribution in [2.45, 2.75) is 132 Å². The number of thiol groups is 2. The molecule has 7 nitrogen and oxygen atoms in total. The summed E-state index contributed by atoms with van der Waals surface area (Å²) in [5.74, 6) is 1.70. The van der Waals surface area contributed by atoms with Crippen molar-refractivity contribution in [1.82, 2.24) is 0 Å². The van der Waals surface area contributed by atoms with Gasteiger partial charge in [0.2, 0.25) is 0 Å². The summed E-state index contributed by atoms with van der Waals surface area (Å²) in [4.78, 5) is 0. The fourth-order valence-corrected chi connectivity index (χ4v) is 9.58. The van der Waals surface area contributed by atoms with Crippen molar-refractivity contribution in [3.63, 3.8) is 0 Å². The second kappa shape index (κ2) is 23.7. The maximum atomic E-state index is 6.14. The molecule has 0 saturated carbocycles. The van der Waals surface area contributed by atoms with Crippen molar-refractivity contribution in [1.29, 1.82) is 0 Å². The van der Waals surface area contributed by atoms with E-state index >= 15 is 0 Å². The van der Waals surface area contributed by atoms with Gasteiger partial charge in [0.05, 0.1) is 6.10 Å². The Hall–Kier alpha value is 0.854. The molecule has 0 fully saturated rings. The molecule has 11 heteroatoms. The fourth-order valence-electron chi connectivity index (χ4n) is 3.50. The Morgan fingerprint density at radius 3 is 1.31 bits per heavy atom. The van der Waals surface area contributed by atoms with Crippen LogP contribution in [0.2, 0.25) is 6.04 Å². The average Bonchev–Trinajstić information content (AvgIpc) is 2.76. The molecule has 0 rings (SSSR count). The molecule has 1 unspecified atom stereocenters. The van der Waals surface area contributed by atoms with E-state index in [1.54, 1.807) is 0 Å². The smallest absolute Gasteiger partial charge is 0.371 e. The topological polar surface area (TPSA) is 64.6 Å². The summed E-state index contributed by atoms with van der Waals surface area (Å²) in [6.45, 7) is 21.7. The third kappa shape index (κ3) is 19.9. The van der Waals surface area contributed by atoms with E-state index in [1.807, 2.05) is 62.3 Å². The summed E-state index contributed by atoms with van der Waals surface area (Å²) in [6.07, 6.45) is 5.54. The molecule has 1 atom stereocenters. The first-order chi connectivity index (χ1) is 17.0. The summed E-state index contributed by atoms with van der Waals surface area (Å²) in [5.41, 5.74) is 0. The Balaban J connectivity index is 0. The first-order valence-corrected chi connectivity index (χ1v) is 18.7. The second-order valence-corrected chi connectivity index (χ2v) is 14.8. The Morgan fingerprint density at radius 2 is 1.00 bits per heavy atom. The van der Waals surface area contributed by atoms with Gasteiger partial charge in [-0.15, -0.1) is 0 Å². The van der Waals surface area contributed by atoms with Crippen molar-refractivity contribution in [2.75, 3.05) is 31.3 Å². The maximum Gasteiger partial charge on any atom is 0.679 e. The number of hydrogen-bond donors (Lipinski definition) is 2. The number of hydrogen-bond acceptors (Lipinski definition) is 9. The molecule has 36 heavy (non-hydrogen) atoms.